The van der Waals surface area contributed by atoms with Gasteiger partial charge in [0.2, 0.25) is 5.91 Å². The number of benzene rings is 2. The number of carbonyl (C=O) groups excluding carboxylic acids is 3. The second-order valence-electron chi connectivity index (χ2n) is 6.34. The number of anilines is 1. The van der Waals surface area contributed by atoms with E-state index in [4.69, 9.17) is 27.9 Å². The van der Waals surface area contributed by atoms with E-state index in [2.05, 4.69) is 10.7 Å². The lowest BCUT2D eigenvalue weighted by Gasteiger charge is -2.44. The van der Waals surface area contributed by atoms with E-state index in [0.717, 1.165) is 0 Å². The quantitative estimate of drug-likeness (QED) is 0.536. The first-order valence-electron chi connectivity index (χ1n) is 8.90. The van der Waals surface area contributed by atoms with Crippen LogP contribution in [0.2, 0.25) is 5.02 Å². The summed E-state index contributed by atoms with van der Waals surface area (Å²) in [6, 6.07) is 11.0. The third-order valence-electron chi connectivity index (χ3n) is 4.32. The third kappa shape index (κ3) is 4.31. The van der Waals surface area contributed by atoms with Crippen molar-refractivity contribution in [3.05, 3.63) is 58.6 Å². The molecular formula is C20H19Cl2N3O4. The molecule has 1 heterocycles. The summed E-state index contributed by atoms with van der Waals surface area (Å²) >= 11 is 12.4. The van der Waals surface area contributed by atoms with Crippen LogP contribution in [0.3, 0.4) is 0 Å². The number of carbonyl (C=O) groups is 3. The Morgan fingerprint density at radius 1 is 1.21 bits per heavy atom. The van der Waals surface area contributed by atoms with Gasteiger partial charge in [0.1, 0.15) is 17.2 Å². The molecule has 0 spiro atoms. The van der Waals surface area contributed by atoms with Gasteiger partial charge in [0, 0.05) is 23.7 Å². The Balaban J connectivity index is 1.84. The van der Waals surface area contributed by atoms with Crippen LogP contribution in [0.5, 0.6) is 5.75 Å². The molecule has 2 aromatic rings. The number of halogens is 2. The van der Waals surface area contributed by atoms with Gasteiger partial charge in [-0.25, -0.2) is 5.01 Å². The Morgan fingerprint density at radius 3 is 2.59 bits per heavy atom. The highest BCUT2D eigenvalue weighted by atomic mass is 35.5. The number of rotatable bonds is 6. The molecule has 2 unspecified atom stereocenters. The summed E-state index contributed by atoms with van der Waals surface area (Å²) in [5, 5.41) is 3.42. The minimum absolute atomic E-state index is 0.213. The predicted octanol–water partition coefficient (Wildman–Crippen LogP) is 3.53. The molecule has 0 aromatic heterocycles. The molecule has 0 aliphatic carbocycles. The number of β-lactam (4-membered cyclic amide) rings is 1. The van der Waals surface area contributed by atoms with Crippen LogP contribution in [-0.4, -0.2) is 34.7 Å². The number of amides is 3. The Labute approximate surface area is 177 Å². The Kier molecular flexibility index (Phi) is 6.30. The van der Waals surface area contributed by atoms with E-state index in [1.54, 1.807) is 43.3 Å². The normalized spacial score (nSPS) is 18.1. The van der Waals surface area contributed by atoms with E-state index in [9.17, 15) is 14.4 Å². The highest BCUT2D eigenvalue weighted by molar-refractivity contribution is 6.35. The van der Waals surface area contributed by atoms with Crippen molar-refractivity contribution in [3.8, 4) is 5.75 Å². The van der Waals surface area contributed by atoms with Crippen molar-refractivity contribution < 1.29 is 19.1 Å². The first kappa shape index (κ1) is 21.0. The van der Waals surface area contributed by atoms with Crippen LogP contribution in [0.15, 0.2) is 42.5 Å². The fourth-order valence-electron chi connectivity index (χ4n) is 3.03. The van der Waals surface area contributed by atoms with E-state index >= 15 is 0 Å². The first-order chi connectivity index (χ1) is 13.8. The van der Waals surface area contributed by atoms with E-state index in [-0.39, 0.29) is 17.2 Å². The van der Waals surface area contributed by atoms with E-state index in [1.807, 2.05) is 0 Å². The fraction of sp³-hybridized carbons (Fsp3) is 0.250. The zero-order valence-corrected chi connectivity index (χ0v) is 17.3. The number of nitrogens with zero attached hydrogens (tertiary/aromatic N) is 1. The highest BCUT2D eigenvalue weighted by Crippen LogP contribution is 2.40. The zero-order chi connectivity index (χ0) is 21.1. The third-order valence-corrected chi connectivity index (χ3v) is 5.09. The second-order valence-corrected chi connectivity index (χ2v) is 7.22. The van der Waals surface area contributed by atoms with Gasteiger partial charge in [-0.1, -0.05) is 29.8 Å². The highest BCUT2D eigenvalue weighted by Gasteiger charge is 2.49. The number of hydrazine groups is 1. The van der Waals surface area contributed by atoms with Gasteiger partial charge in [-0.3, -0.25) is 19.8 Å². The minimum Gasteiger partial charge on any atom is -0.493 e. The zero-order valence-electron chi connectivity index (χ0n) is 15.7. The van der Waals surface area contributed by atoms with Gasteiger partial charge in [0.15, 0.2) is 0 Å². The average molecular weight is 436 g/mol. The molecule has 2 aromatic carbocycles. The Morgan fingerprint density at radius 2 is 1.93 bits per heavy atom. The molecule has 1 fully saturated rings. The molecule has 1 aliphatic heterocycles. The summed E-state index contributed by atoms with van der Waals surface area (Å²) in [5.41, 5.74) is 3.93. The van der Waals surface area contributed by atoms with Crippen molar-refractivity contribution >= 4 is 46.6 Å². The molecule has 0 radical (unpaired) electrons. The van der Waals surface area contributed by atoms with Gasteiger partial charge in [-0.2, -0.15) is 0 Å². The molecule has 2 N–H and O–H groups in total. The topological polar surface area (TPSA) is 87.7 Å². The molecule has 1 saturated heterocycles. The number of hydrogen-bond acceptors (Lipinski definition) is 4. The van der Waals surface area contributed by atoms with Crippen molar-refractivity contribution in [2.75, 3.05) is 11.9 Å². The van der Waals surface area contributed by atoms with Crippen LogP contribution < -0.4 is 15.5 Å². The summed E-state index contributed by atoms with van der Waals surface area (Å²) in [5.74, 6) is -0.943. The van der Waals surface area contributed by atoms with Crippen molar-refractivity contribution in [2.24, 2.45) is 0 Å². The standard InChI is InChI=1S/C20H19Cl2N3O4/c1-3-29-16-10-12(23-11(2)26)8-9-14(16)19(27)24-25-18(17(22)20(25)28)13-6-4-5-7-15(13)21/h4-10,17-18H,3H2,1-2H3,(H,23,26)(H,24,27). The largest absolute Gasteiger partial charge is 0.493 e. The Hall–Kier alpha value is -2.77. The van der Waals surface area contributed by atoms with Gasteiger partial charge in [0.05, 0.1) is 12.2 Å². The fourth-order valence-corrected chi connectivity index (χ4v) is 3.63. The van der Waals surface area contributed by atoms with Crippen LogP contribution in [0, 0.1) is 0 Å². The summed E-state index contributed by atoms with van der Waals surface area (Å²) in [6.45, 7) is 3.48. The number of alkyl halides is 1. The Bertz CT molecular complexity index is 966. The predicted molar refractivity (Wildman–Crippen MR) is 110 cm³/mol. The van der Waals surface area contributed by atoms with E-state index in [1.165, 1.54) is 18.0 Å². The van der Waals surface area contributed by atoms with Crippen molar-refractivity contribution in [3.63, 3.8) is 0 Å². The van der Waals surface area contributed by atoms with E-state index in [0.29, 0.717) is 22.9 Å². The molecule has 152 valence electrons. The van der Waals surface area contributed by atoms with Crippen LogP contribution >= 0.6 is 23.2 Å². The molecule has 1 aliphatic rings. The molecule has 0 bridgehead atoms. The number of hydrogen-bond donors (Lipinski definition) is 2. The molecule has 0 saturated carbocycles. The van der Waals surface area contributed by atoms with Crippen molar-refractivity contribution in [1.29, 1.82) is 0 Å². The number of ether oxygens (including phenoxy) is 1. The first-order valence-corrected chi connectivity index (χ1v) is 9.72. The van der Waals surface area contributed by atoms with Gasteiger partial charge >= 0.3 is 0 Å². The summed E-state index contributed by atoms with van der Waals surface area (Å²) in [6.07, 6.45) is 0. The molecule has 7 nitrogen and oxygen atoms in total. The lowest BCUT2D eigenvalue weighted by Crippen LogP contribution is -2.63. The van der Waals surface area contributed by atoms with Gasteiger partial charge in [0.25, 0.3) is 11.8 Å². The lowest BCUT2D eigenvalue weighted by molar-refractivity contribution is -0.149. The van der Waals surface area contributed by atoms with Crippen LogP contribution in [-0.2, 0) is 9.59 Å². The van der Waals surface area contributed by atoms with Gasteiger partial charge in [-0.05, 0) is 30.7 Å². The molecule has 9 heteroatoms. The van der Waals surface area contributed by atoms with E-state index < -0.39 is 23.2 Å². The number of nitrogens with one attached hydrogen (secondary N) is 2. The van der Waals surface area contributed by atoms with Crippen LogP contribution in [0.25, 0.3) is 0 Å². The molecule has 3 rings (SSSR count). The smallest absolute Gasteiger partial charge is 0.273 e. The maximum atomic E-state index is 12.8. The maximum absolute atomic E-state index is 12.8. The second kappa shape index (κ2) is 8.71. The molecular weight excluding hydrogens is 417 g/mol. The summed E-state index contributed by atoms with van der Waals surface area (Å²) in [4.78, 5) is 36.4. The summed E-state index contributed by atoms with van der Waals surface area (Å²) in [7, 11) is 0. The maximum Gasteiger partial charge on any atom is 0.273 e. The van der Waals surface area contributed by atoms with Crippen LogP contribution in [0.4, 0.5) is 5.69 Å². The SMILES string of the molecule is CCOc1cc(NC(C)=O)ccc1C(=O)NN1C(=O)C(Cl)C1c1ccccc1Cl. The molecule has 29 heavy (non-hydrogen) atoms. The lowest BCUT2D eigenvalue weighted by atomic mass is 9.95. The molecule has 3 amide bonds. The monoisotopic (exact) mass is 435 g/mol. The van der Waals surface area contributed by atoms with Gasteiger partial charge < -0.3 is 10.1 Å². The minimum atomic E-state index is -0.830. The average Bonchev–Trinajstić information content (AvgIpc) is 2.68. The van der Waals surface area contributed by atoms with Crippen molar-refractivity contribution in [2.45, 2.75) is 25.3 Å². The van der Waals surface area contributed by atoms with Crippen molar-refractivity contribution in [1.82, 2.24) is 10.4 Å². The van der Waals surface area contributed by atoms with Gasteiger partial charge in [-0.15, -0.1) is 11.6 Å². The summed E-state index contributed by atoms with van der Waals surface area (Å²) < 4.78 is 5.53. The van der Waals surface area contributed by atoms with Crippen LogP contribution in [0.1, 0.15) is 35.8 Å². The molecule has 2 atom stereocenters.